The second kappa shape index (κ2) is 4.96. The van der Waals surface area contributed by atoms with Gasteiger partial charge in [-0.3, -0.25) is 4.79 Å². The van der Waals surface area contributed by atoms with Crippen molar-refractivity contribution in [2.24, 2.45) is 0 Å². The molecule has 0 aliphatic heterocycles. The summed E-state index contributed by atoms with van der Waals surface area (Å²) in [6, 6.07) is 3.64. The van der Waals surface area contributed by atoms with E-state index in [1.54, 1.807) is 35.1 Å². The number of rotatable bonds is 2. The molecule has 0 amide bonds. The van der Waals surface area contributed by atoms with Crippen molar-refractivity contribution in [2.75, 3.05) is 5.73 Å². The van der Waals surface area contributed by atoms with Gasteiger partial charge in [0.25, 0.3) is 5.56 Å². The molecule has 0 saturated carbocycles. The molecule has 0 aromatic carbocycles. The second-order valence-corrected chi connectivity index (χ2v) is 6.32. The lowest BCUT2D eigenvalue weighted by Gasteiger charge is -2.06. The molecule has 0 atom stereocenters. The van der Waals surface area contributed by atoms with E-state index in [4.69, 9.17) is 5.73 Å². The van der Waals surface area contributed by atoms with Crippen molar-refractivity contribution in [3.05, 3.63) is 50.5 Å². The summed E-state index contributed by atoms with van der Waals surface area (Å²) in [5.74, 6) is 1.05. The minimum Gasteiger partial charge on any atom is -0.383 e. The van der Waals surface area contributed by atoms with Gasteiger partial charge in [0.15, 0.2) is 5.82 Å². The van der Waals surface area contributed by atoms with Gasteiger partial charge in [0.05, 0.1) is 11.9 Å². The number of nitrogen functional groups attached to an aromatic ring is 1. The van der Waals surface area contributed by atoms with Crippen LogP contribution < -0.4 is 11.3 Å². The van der Waals surface area contributed by atoms with Crippen molar-refractivity contribution in [3.8, 4) is 0 Å². The maximum atomic E-state index is 12.1. The molecule has 6 heteroatoms. The zero-order valence-corrected chi connectivity index (χ0v) is 13.0. The smallest absolute Gasteiger partial charge is 0.253 e. The third-order valence-electron chi connectivity index (χ3n) is 3.63. The van der Waals surface area contributed by atoms with Crippen LogP contribution >= 0.6 is 11.3 Å². The number of nitrogens with two attached hydrogens (primary N) is 1. The Morgan fingerprint density at radius 2 is 2.05 bits per heavy atom. The van der Waals surface area contributed by atoms with E-state index in [2.05, 4.69) is 9.97 Å². The standard InChI is InChI=1S/C15H16N4OS/c1-8-5-4-6-19(15(8)20)7-11-17-13(16)12-9(2)10(3)21-14(12)18-11/h4-6H,7H2,1-3H3,(H2,16,17,18). The van der Waals surface area contributed by atoms with E-state index in [0.29, 0.717) is 23.8 Å². The molecule has 3 aromatic rings. The van der Waals surface area contributed by atoms with Crippen LogP contribution in [0.1, 0.15) is 21.8 Å². The van der Waals surface area contributed by atoms with Crippen molar-refractivity contribution in [1.29, 1.82) is 0 Å². The van der Waals surface area contributed by atoms with Gasteiger partial charge in [-0.05, 0) is 32.4 Å². The number of fused-ring (bicyclic) bond motifs is 1. The van der Waals surface area contributed by atoms with Gasteiger partial charge in [0.2, 0.25) is 0 Å². The van der Waals surface area contributed by atoms with Crippen LogP contribution in [0.5, 0.6) is 0 Å². The molecule has 0 radical (unpaired) electrons. The molecular formula is C15H16N4OS. The van der Waals surface area contributed by atoms with E-state index >= 15 is 0 Å². The highest BCUT2D eigenvalue weighted by Gasteiger charge is 2.13. The molecule has 0 unspecified atom stereocenters. The average Bonchev–Trinajstić information content (AvgIpc) is 2.71. The molecule has 0 aliphatic carbocycles. The lowest BCUT2D eigenvalue weighted by atomic mass is 10.2. The average molecular weight is 300 g/mol. The number of aryl methyl sites for hydroxylation is 3. The second-order valence-electron chi connectivity index (χ2n) is 5.11. The topological polar surface area (TPSA) is 73.8 Å². The Balaban J connectivity index is 2.10. The van der Waals surface area contributed by atoms with E-state index in [0.717, 1.165) is 15.8 Å². The third-order valence-corrected chi connectivity index (χ3v) is 4.73. The van der Waals surface area contributed by atoms with Crippen LogP contribution in [0.25, 0.3) is 10.2 Å². The molecule has 0 bridgehead atoms. The monoisotopic (exact) mass is 300 g/mol. The van der Waals surface area contributed by atoms with Gasteiger partial charge < -0.3 is 10.3 Å². The number of aromatic nitrogens is 3. The van der Waals surface area contributed by atoms with Crippen LogP contribution in [-0.4, -0.2) is 14.5 Å². The van der Waals surface area contributed by atoms with Crippen LogP contribution in [0, 0.1) is 20.8 Å². The highest BCUT2D eigenvalue weighted by atomic mass is 32.1. The number of thiophene rings is 1. The summed E-state index contributed by atoms with van der Waals surface area (Å²) < 4.78 is 1.60. The molecular weight excluding hydrogens is 284 g/mol. The Labute approximate surface area is 126 Å². The SMILES string of the molecule is Cc1sc2nc(Cn3cccc(C)c3=O)nc(N)c2c1C. The quantitative estimate of drug-likeness (QED) is 0.788. The highest BCUT2D eigenvalue weighted by Crippen LogP contribution is 2.31. The van der Waals surface area contributed by atoms with Crippen molar-refractivity contribution in [2.45, 2.75) is 27.3 Å². The zero-order chi connectivity index (χ0) is 15.1. The molecule has 0 aliphatic rings. The minimum atomic E-state index is -0.0293. The number of anilines is 1. The molecule has 0 fully saturated rings. The summed E-state index contributed by atoms with van der Waals surface area (Å²) in [5.41, 5.74) is 7.87. The summed E-state index contributed by atoms with van der Waals surface area (Å²) in [4.78, 5) is 23.0. The molecule has 0 saturated heterocycles. The fourth-order valence-electron chi connectivity index (χ4n) is 2.33. The lowest BCUT2D eigenvalue weighted by Crippen LogP contribution is -2.22. The van der Waals surface area contributed by atoms with Gasteiger partial charge >= 0.3 is 0 Å². The minimum absolute atomic E-state index is 0.0293. The third kappa shape index (κ3) is 2.31. The highest BCUT2D eigenvalue weighted by molar-refractivity contribution is 7.18. The molecule has 0 spiro atoms. The van der Waals surface area contributed by atoms with Gasteiger partial charge in [-0.25, -0.2) is 9.97 Å². The van der Waals surface area contributed by atoms with Crippen LogP contribution in [-0.2, 0) is 6.54 Å². The maximum absolute atomic E-state index is 12.1. The predicted molar refractivity (Wildman–Crippen MR) is 85.8 cm³/mol. The van der Waals surface area contributed by atoms with E-state index in [1.165, 1.54) is 4.88 Å². The molecule has 5 nitrogen and oxygen atoms in total. The fourth-order valence-corrected chi connectivity index (χ4v) is 3.39. The summed E-state index contributed by atoms with van der Waals surface area (Å²) in [6.45, 7) is 6.20. The van der Waals surface area contributed by atoms with Gasteiger partial charge in [0.1, 0.15) is 10.6 Å². The summed E-state index contributed by atoms with van der Waals surface area (Å²) in [5, 5.41) is 0.929. The van der Waals surface area contributed by atoms with Crippen LogP contribution in [0.3, 0.4) is 0 Å². The van der Waals surface area contributed by atoms with E-state index in [1.807, 2.05) is 19.9 Å². The molecule has 3 heterocycles. The van der Waals surface area contributed by atoms with E-state index in [-0.39, 0.29) is 5.56 Å². The number of hydrogen-bond acceptors (Lipinski definition) is 5. The van der Waals surface area contributed by atoms with Crippen LogP contribution in [0.4, 0.5) is 5.82 Å². The first-order chi connectivity index (χ1) is 9.97. The van der Waals surface area contributed by atoms with Gasteiger partial charge in [0, 0.05) is 16.6 Å². The Bertz CT molecular complexity index is 895. The van der Waals surface area contributed by atoms with Gasteiger partial charge in [-0.2, -0.15) is 0 Å². The van der Waals surface area contributed by atoms with Crippen molar-refractivity contribution in [3.63, 3.8) is 0 Å². The normalized spacial score (nSPS) is 11.2. The van der Waals surface area contributed by atoms with Gasteiger partial charge in [-0.1, -0.05) is 6.07 Å². The number of hydrogen-bond donors (Lipinski definition) is 1. The van der Waals surface area contributed by atoms with Crippen molar-refractivity contribution < 1.29 is 0 Å². The molecule has 21 heavy (non-hydrogen) atoms. The van der Waals surface area contributed by atoms with E-state index in [9.17, 15) is 4.79 Å². The zero-order valence-electron chi connectivity index (χ0n) is 12.2. The summed E-state index contributed by atoms with van der Waals surface area (Å²) >= 11 is 1.61. The van der Waals surface area contributed by atoms with Crippen LogP contribution in [0.15, 0.2) is 23.1 Å². The van der Waals surface area contributed by atoms with Gasteiger partial charge in [-0.15, -0.1) is 11.3 Å². The number of nitrogens with zero attached hydrogens (tertiary/aromatic N) is 3. The molecule has 3 aromatic heterocycles. The lowest BCUT2D eigenvalue weighted by molar-refractivity contribution is 0.715. The maximum Gasteiger partial charge on any atom is 0.253 e. The van der Waals surface area contributed by atoms with E-state index < -0.39 is 0 Å². The Morgan fingerprint density at radius 1 is 1.29 bits per heavy atom. The fraction of sp³-hybridized carbons (Fsp3) is 0.267. The number of pyridine rings is 1. The largest absolute Gasteiger partial charge is 0.383 e. The predicted octanol–water partition coefficient (Wildman–Crippen LogP) is 2.41. The Morgan fingerprint density at radius 3 is 2.81 bits per heavy atom. The summed E-state index contributed by atoms with van der Waals surface area (Å²) in [6.07, 6.45) is 1.74. The Kier molecular flexibility index (Phi) is 3.25. The molecule has 2 N–H and O–H groups in total. The first kappa shape index (κ1) is 13.8. The van der Waals surface area contributed by atoms with Crippen molar-refractivity contribution in [1.82, 2.24) is 14.5 Å². The first-order valence-corrected chi connectivity index (χ1v) is 7.47. The first-order valence-electron chi connectivity index (χ1n) is 6.65. The molecule has 3 rings (SSSR count). The van der Waals surface area contributed by atoms with Crippen molar-refractivity contribution >= 4 is 27.4 Å². The Hall–Kier alpha value is -2.21. The summed E-state index contributed by atoms with van der Waals surface area (Å²) in [7, 11) is 0. The van der Waals surface area contributed by atoms with Crippen LogP contribution in [0.2, 0.25) is 0 Å². The molecule has 108 valence electrons.